The lowest BCUT2D eigenvalue weighted by Crippen LogP contribution is -2.48. The van der Waals surface area contributed by atoms with E-state index in [1.54, 1.807) is 24.1 Å². The van der Waals surface area contributed by atoms with E-state index in [2.05, 4.69) is 5.32 Å². The molecule has 0 bridgehead atoms. The van der Waals surface area contributed by atoms with Crippen LogP contribution in [0.5, 0.6) is 0 Å². The zero-order valence-electron chi connectivity index (χ0n) is 17.5. The quantitative estimate of drug-likeness (QED) is 0.459. The predicted octanol–water partition coefficient (Wildman–Crippen LogP) is 3.69. The van der Waals surface area contributed by atoms with Crippen LogP contribution in [-0.2, 0) is 21.9 Å². The minimum absolute atomic E-state index is 0.0421. The van der Waals surface area contributed by atoms with Crippen molar-refractivity contribution in [2.45, 2.75) is 38.6 Å². The second kappa shape index (κ2) is 11.3. The van der Waals surface area contributed by atoms with Gasteiger partial charge >= 0.3 is 0 Å². The molecule has 0 fully saturated rings. The fraction of sp³-hybridized carbons (Fsp3) is 0.364. The SMILES string of the molecule is CC[C@@H](C(=O)NC)N(Cc1ccc(C)cc1)C(=O)CSCc1ccc([N+](=O)[O-])cc1. The van der Waals surface area contributed by atoms with Crippen LogP contribution in [0, 0.1) is 17.0 Å². The Labute approximate surface area is 181 Å². The zero-order valence-corrected chi connectivity index (χ0v) is 18.3. The summed E-state index contributed by atoms with van der Waals surface area (Å²) in [5.41, 5.74) is 3.05. The van der Waals surface area contributed by atoms with Crippen LogP contribution in [0.25, 0.3) is 0 Å². The van der Waals surface area contributed by atoms with Gasteiger partial charge in [0, 0.05) is 31.5 Å². The summed E-state index contributed by atoms with van der Waals surface area (Å²) in [4.78, 5) is 37.3. The normalized spacial score (nSPS) is 11.6. The number of aryl methyl sites for hydroxylation is 1. The lowest BCUT2D eigenvalue weighted by Gasteiger charge is -2.30. The third kappa shape index (κ3) is 6.59. The highest BCUT2D eigenvalue weighted by Gasteiger charge is 2.27. The molecule has 0 heterocycles. The van der Waals surface area contributed by atoms with Crippen molar-refractivity contribution < 1.29 is 14.5 Å². The maximum absolute atomic E-state index is 13.0. The molecule has 2 aromatic rings. The molecule has 0 aromatic heterocycles. The molecule has 0 aliphatic rings. The second-order valence-electron chi connectivity index (χ2n) is 6.96. The summed E-state index contributed by atoms with van der Waals surface area (Å²) in [6.07, 6.45) is 0.518. The minimum atomic E-state index is -0.538. The average Bonchev–Trinajstić information content (AvgIpc) is 2.75. The van der Waals surface area contributed by atoms with Gasteiger partial charge in [0.1, 0.15) is 6.04 Å². The Bertz CT molecular complexity index is 869. The van der Waals surface area contributed by atoms with Crippen LogP contribution in [0.2, 0.25) is 0 Å². The third-order valence-corrected chi connectivity index (χ3v) is 5.74. The first-order chi connectivity index (χ1) is 14.3. The van der Waals surface area contributed by atoms with E-state index < -0.39 is 11.0 Å². The highest BCUT2D eigenvalue weighted by Crippen LogP contribution is 2.19. The van der Waals surface area contributed by atoms with Crippen molar-refractivity contribution in [3.63, 3.8) is 0 Å². The van der Waals surface area contributed by atoms with Crippen LogP contribution in [0.3, 0.4) is 0 Å². The molecule has 160 valence electrons. The summed E-state index contributed by atoms with van der Waals surface area (Å²) in [7, 11) is 1.57. The predicted molar refractivity (Wildman–Crippen MR) is 119 cm³/mol. The van der Waals surface area contributed by atoms with E-state index in [0.29, 0.717) is 18.7 Å². The van der Waals surface area contributed by atoms with Gasteiger partial charge in [-0.05, 0) is 24.5 Å². The molecule has 1 N–H and O–H groups in total. The highest BCUT2D eigenvalue weighted by molar-refractivity contribution is 7.99. The Morgan fingerprint density at radius 2 is 1.70 bits per heavy atom. The fourth-order valence-electron chi connectivity index (χ4n) is 3.03. The van der Waals surface area contributed by atoms with E-state index in [0.717, 1.165) is 16.7 Å². The Kier molecular flexibility index (Phi) is 8.86. The molecule has 2 rings (SSSR count). The van der Waals surface area contributed by atoms with Crippen LogP contribution >= 0.6 is 11.8 Å². The molecule has 0 saturated carbocycles. The largest absolute Gasteiger partial charge is 0.357 e. The highest BCUT2D eigenvalue weighted by atomic mass is 32.2. The van der Waals surface area contributed by atoms with Gasteiger partial charge < -0.3 is 10.2 Å². The van der Waals surface area contributed by atoms with Crippen molar-refractivity contribution in [1.29, 1.82) is 0 Å². The summed E-state index contributed by atoms with van der Waals surface area (Å²) in [6.45, 7) is 4.25. The maximum atomic E-state index is 13.0. The first-order valence-corrected chi connectivity index (χ1v) is 10.9. The van der Waals surface area contributed by atoms with E-state index in [9.17, 15) is 19.7 Å². The number of amides is 2. The molecular weight excluding hydrogens is 402 g/mol. The summed E-state index contributed by atoms with van der Waals surface area (Å²) >= 11 is 1.42. The number of likely N-dealkylation sites (N-methyl/N-ethyl adjacent to an activating group) is 1. The Morgan fingerprint density at radius 3 is 2.23 bits per heavy atom. The molecular formula is C22H27N3O4S. The van der Waals surface area contributed by atoms with Gasteiger partial charge in [-0.1, -0.05) is 48.9 Å². The van der Waals surface area contributed by atoms with E-state index in [4.69, 9.17) is 0 Å². The van der Waals surface area contributed by atoms with Gasteiger partial charge in [-0.2, -0.15) is 0 Å². The van der Waals surface area contributed by atoms with Gasteiger partial charge in [0.25, 0.3) is 5.69 Å². The molecule has 8 heteroatoms. The molecule has 0 unspecified atom stereocenters. The van der Waals surface area contributed by atoms with E-state index in [-0.39, 0.29) is 23.3 Å². The van der Waals surface area contributed by atoms with Crippen LogP contribution in [0.15, 0.2) is 48.5 Å². The van der Waals surface area contributed by atoms with Gasteiger partial charge in [0.05, 0.1) is 10.7 Å². The van der Waals surface area contributed by atoms with Crippen molar-refractivity contribution in [3.8, 4) is 0 Å². The smallest absolute Gasteiger partial charge is 0.269 e. The first kappa shape index (κ1) is 23.4. The number of benzene rings is 2. The number of hydrogen-bond acceptors (Lipinski definition) is 5. The van der Waals surface area contributed by atoms with Crippen LogP contribution in [0.1, 0.15) is 30.0 Å². The van der Waals surface area contributed by atoms with Crippen molar-refractivity contribution >= 4 is 29.3 Å². The van der Waals surface area contributed by atoms with Crippen LogP contribution in [-0.4, -0.2) is 40.5 Å². The summed E-state index contributed by atoms with van der Waals surface area (Å²) in [5, 5.41) is 13.4. The molecule has 0 aliphatic heterocycles. The maximum Gasteiger partial charge on any atom is 0.269 e. The van der Waals surface area contributed by atoms with Crippen molar-refractivity contribution in [2.75, 3.05) is 12.8 Å². The summed E-state index contributed by atoms with van der Waals surface area (Å²) in [5.74, 6) is 0.478. The van der Waals surface area contributed by atoms with Crippen molar-refractivity contribution in [3.05, 3.63) is 75.3 Å². The van der Waals surface area contributed by atoms with Crippen molar-refractivity contribution in [2.24, 2.45) is 0 Å². The van der Waals surface area contributed by atoms with Gasteiger partial charge in [0.2, 0.25) is 11.8 Å². The topological polar surface area (TPSA) is 92.6 Å². The number of nitro groups is 1. The monoisotopic (exact) mass is 429 g/mol. The zero-order chi connectivity index (χ0) is 22.1. The van der Waals surface area contributed by atoms with E-state index in [1.165, 1.54) is 23.9 Å². The van der Waals surface area contributed by atoms with Crippen molar-refractivity contribution in [1.82, 2.24) is 10.2 Å². The molecule has 0 saturated heterocycles. The summed E-state index contributed by atoms with van der Waals surface area (Å²) in [6, 6.07) is 13.7. The molecule has 30 heavy (non-hydrogen) atoms. The number of nitrogens with zero attached hydrogens (tertiary/aromatic N) is 2. The average molecular weight is 430 g/mol. The van der Waals surface area contributed by atoms with Gasteiger partial charge in [0.15, 0.2) is 0 Å². The fourth-order valence-corrected chi connectivity index (χ4v) is 3.90. The summed E-state index contributed by atoms with van der Waals surface area (Å²) < 4.78 is 0. The Hall–Kier alpha value is -2.87. The molecule has 7 nitrogen and oxygen atoms in total. The lowest BCUT2D eigenvalue weighted by atomic mass is 10.1. The number of nitrogens with one attached hydrogen (secondary N) is 1. The van der Waals surface area contributed by atoms with E-state index in [1.807, 2.05) is 38.1 Å². The number of hydrogen-bond donors (Lipinski definition) is 1. The molecule has 0 radical (unpaired) electrons. The number of non-ortho nitro benzene ring substituents is 1. The molecule has 0 aliphatic carbocycles. The second-order valence-corrected chi connectivity index (χ2v) is 7.95. The number of nitro benzene ring substituents is 1. The van der Waals surface area contributed by atoms with Gasteiger partial charge in [-0.3, -0.25) is 19.7 Å². The van der Waals surface area contributed by atoms with Gasteiger partial charge in [-0.25, -0.2) is 0 Å². The number of carbonyl (C=O) groups is 2. The molecule has 2 aromatic carbocycles. The molecule has 1 atom stereocenters. The molecule has 0 spiro atoms. The standard InChI is InChI=1S/C22H27N3O4S/c1-4-20(22(27)23-3)24(13-17-7-5-16(2)6-8-17)21(26)15-30-14-18-9-11-19(12-10-18)25(28)29/h5-12,20H,4,13-15H2,1-3H3,(H,23,27)/t20-/m0/s1. The minimum Gasteiger partial charge on any atom is -0.357 e. The number of carbonyl (C=O) groups excluding carboxylic acids is 2. The number of rotatable bonds is 10. The lowest BCUT2D eigenvalue weighted by molar-refractivity contribution is -0.384. The molecule has 2 amide bonds. The van der Waals surface area contributed by atoms with Crippen LogP contribution < -0.4 is 5.32 Å². The third-order valence-electron chi connectivity index (χ3n) is 4.75. The van der Waals surface area contributed by atoms with Crippen LogP contribution in [0.4, 0.5) is 5.69 Å². The Balaban J connectivity index is 2.06. The van der Waals surface area contributed by atoms with E-state index >= 15 is 0 Å². The Morgan fingerprint density at radius 1 is 1.10 bits per heavy atom. The first-order valence-electron chi connectivity index (χ1n) is 9.73. The number of thioether (sulfide) groups is 1. The van der Waals surface area contributed by atoms with Gasteiger partial charge in [-0.15, -0.1) is 11.8 Å².